The van der Waals surface area contributed by atoms with Crippen LogP contribution in [0.4, 0.5) is 0 Å². The summed E-state index contributed by atoms with van der Waals surface area (Å²) < 4.78 is 4.42. The number of hydrogen-bond acceptors (Lipinski definition) is 6. The fourth-order valence-corrected chi connectivity index (χ4v) is 0. The number of carbonyl (C=O) groups is 3. The summed E-state index contributed by atoms with van der Waals surface area (Å²) >= 11 is 1.92. The van der Waals surface area contributed by atoms with Gasteiger partial charge in [0.15, 0.2) is 0 Å². The standard InChI is InChI=1S/3C2H4O2.Al.Ca.Mg.H2N.2H/c3*1-2(3)4;;;;;;/h3*1H3,(H,3,4);;;;1H2;;/q;;;+1;;+2;-1;;/p-2. The van der Waals surface area contributed by atoms with Crippen LogP contribution in [0.3, 0.4) is 0 Å². The van der Waals surface area contributed by atoms with Crippen molar-refractivity contribution >= 4 is 95.2 Å². The van der Waals surface area contributed by atoms with E-state index in [0.717, 1.165) is 20.8 Å². The Morgan fingerprint density at radius 2 is 1.00 bits per heavy atom. The Morgan fingerprint density at radius 3 is 1.00 bits per heavy atom. The van der Waals surface area contributed by atoms with Gasteiger partial charge in [0.2, 0.25) is 16.5 Å². The normalized spacial score (nSPS) is 5.00. The molecule has 0 amide bonds. The van der Waals surface area contributed by atoms with Crippen molar-refractivity contribution in [2.45, 2.75) is 20.8 Å². The van der Waals surface area contributed by atoms with Gasteiger partial charge in [-0.05, 0) is 13.8 Å². The second kappa shape index (κ2) is 36.0. The molecule has 0 bridgehead atoms. The zero-order chi connectivity index (χ0) is 12.7. The molecule has 0 unspecified atom stereocenters. The summed E-state index contributed by atoms with van der Waals surface area (Å²) in [6.07, 6.45) is 0. The molecule has 3 N–H and O–H groups in total. The summed E-state index contributed by atoms with van der Waals surface area (Å²) in [7, 11) is 0. The van der Waals surface area contributed by atoms with Gasteiger partial charge in [0, 0.05) is 18.9 Å². The van der Waals surface area contributed by atoms with E-state index in [2.05, 4.69) is 4.72 Å². The summed E-state index contributed by atoms with van der Waals surface area (Å²) in [4.78, 5) is 26.8. The van der Waals surface area contributed by atoms with Crippen LogP contribution in [0.1, 0.15) is 20.8 Å². The Hall–Kier alpha value is 0.928. The first-order valence-electron chi connectivity index (χ1n) is 3.08. The van der Waals surface area contributed by atoms with Gasteiger partial charge in [-0.2, -0.15) is 0 Å². The fraction of sp³-hybridized carbons (Fsp3) is 0.500. The van der Waals surface area contributed by atoms with Crippen LogP contribution in [-0.4, -0.2) is 100 Å². The van der Waals surface area contributed by atoms with Gasteiger partial charge in [0.05, 0.1) is 0 Å². The van der Waals surface area contributed by atoms with Gasteiger partial charge in [-0.3, -0.25) is 4.79 Å². The monoisotopic (exact) mass is 287 g/mol. The molecule has 0 saturated heterocycles. The van der Waals surface area contributed by atoms with E-state index in [4.69, 9.17) is 29.7 Å². The molecule has 0 spiro atoms. The predicted octanol–water partition coefficient (Wildman–Crippen LogP) is -4.67. The SMILES string of the molecule is CC(=O)O.CC(=O)[O-].CC(=O)[O-].[CaH2].[Mg+2].[NH2][Al]. The first-order chi connectivity index (χ1) is 6.20. The Bertz CT molecular complexity index is 131. The van der Waals surface area contributed by atoms with Crippen molar-refractivity contribution < 1.29 is 29.7 Å². The van der Waals surface area contributed by atoms with Gasteiger partial charge in [0.25, 0.3) is 5.97 Å². The van der Waals surface area contributed by atoms with Crippen molar-refractivity contribution in [1.82, 2.24) is 0 Å². The van der Waals surface area contributed by atoms with Crippen LogP contribution in [0.5, 0.6) is 0 Å². The second-order valence-corrected chi connectivity index (χ2v) is 1.50. The Labute approximate surface area is 149 Å². The van der Waals surface area contributed by atoms with Crippen LogP contribution in [0.25, 0.3) is 0 Å². The number of hydrogen-bond donors (Lipinski definition) is 2. The van der Waals surface area contributed by atoms with Crippen molar-refractivity contribution in [2.24, 2.45) is 4.72 Å². The average molecular weight is 288 g/mol. The van der Waals surface area contributed by atoms with Crippen molar-refractivity contribution in [3.8, 4) is 0 Å². The van der Waals surface area contributed by atoms with Crippen molar-refractivity contribution in [3.05, 3.63) is 0 Å². The van der Waals surface area contributed by atoms with Gasteiger partial charge >= 0.3 is 60.8 Å². The van der Waals surface area contributed by atoms with Crippen LogP contribution in [0.15, 0.2) is 0 Å². The molecular formula is C6H14AlCaMgNO6. The molecule has 0 aromatic heterocycles. The Morgan fingerprint density at radius 1 is 1.00 bits per heavy atom. The smallest absolute Gasteiger partial charge is 0.428 e. The van der Waals surface area contributed by atoms with Gasteiger partial charge in [0.1, 0.15) is 0 Å². The largest absolute Gasteiger partial charge is 2.00 e. The summed E-state index contributed by atoms with van der Waals surface area (Å²) in [6, 6.07) is 0. The molecular weight excluding hydrogens is 273 g/mol. The van der Waals surface area contributed by atoms with Gasteiger partial charge in [-0.25, -0.2) is 0 Å². The Balaban J connectivity index is -0.0000000205. The molecule has 0 aromatic carbocycles. The van der Waals surface area contributed by atoms with Gasteiger partial charge < -0.3 is 29.6 Å². The minimum absolute atomic E-state index is 0. The zero-order valence-electron chi connectivity index (χ0n) is 8.85. The minimum atomic E-state index is -1.08. The van der Waals surface area contributed by atoms with Crippen LogP contribution >= 0.6 is 0 Å². The summed E-state index contributed by atoms with van der Waals surface area (Å²) in [5.41, 5.74) is 0. The molecule has 0 atom stereocenters. The van der Waals surface area contributed by atoms with E-state index < -0.39 is 17.9 Å². The molecule has 0 aliphatic carbocycles. The zero-order valence-corrected chi connectivity index (χ0v) is 11.4. The van der Waals surface area contributed by atoms with Crippen LogP contribution in [0.2, 0.25) is 0 Å². The van der Waals surface area contributed by atoms with Crippen LogP contribution in [0, 0.1) is 0 Å². The van der Waals surface area contributed by atoms with Gasteiger partial charge in [-0.1, -0.05) is 0 Å². The van der Waals surface area contributed by atoms with Crippen LogP contribution < -0.4 is 14.9 Å². The second-order valence-electron chi connectivity index (χ2n) is 1.50. The third-order valence-corrected chi connectivity index (χ3v) is 0. The molecule has 0 aliphatic rings. The predicted molar refractivity (Wildman–Crippen MR) is 58.9 cm³/mol. The molecule has 0 saturated carbocycles. The molecule has 0 rings (SSSR count). The first kappa shape index (κ1) is 36.0. The maximum absolute atomic E-state index is 9.00. The Kier molecular flexibility index (Phi) is 80.9. The molecule has 0 aromatic rings. The quantitative estimate of drug-likeness (QED) is 0.426. The van der Waals surface area contributed by atoms with Crippen molar-refractivity contribution in [1.29, 1.82) is 0 Å². The number of nitrogens with two attached hydrogens (primary N) is 1. The fourth-order valence-electron chi connectivity index (χ4n) is 0. The maximum Gasteiger partial charge on any atom is 2.00 e. The van der Waals surface area contributed by atoms with Crippen molar-refractivity contribution in [2.75, 3.05) is 0 Å². The van der Waals surface area contributed by atoms with E-state index in [1.54, 1.807) is 0 Å². The third kappa shape index (κ3) is 3360. The molecule has 0 heterocycles. The molecule has 2 radical (unpaired) electrons. The van der Waals surface area contributed by atoms with E-state index in [0.29, 0.717) is 0 Å². The number of carboxylic acids is 3. The van der Waals surface area contributed by atoms with Gasteiger partial charge in [-0.15, -0.1) is 0 Å². The van der Waals surface area contributed by atoms with E-state index in [1.807, 2.05) is 16.5 Å². The summed E-state index contributed by atoms with van der Waals surface area (Å²) in [6.45, 7) is 3.03. The molecule has 86 valence electrons. The minimum Gasteiger partial charge on any atom is -0.428 e. The number of carboxylic acid groups (broad SMARTS) is 3. The molecule has 7 nitrogen and oxygen atoms in total. The summed E-state index contributed by atoms with van der Waals surface area (Å²) in [5.74, 6) is -3.00. The average Bonchev–Trinajstić information content (AvgIpc) is 1.86. The van der Waals surface area contributed by atoms with E-state index in [1.165, 1.54) is 0 Å². The maximum atomic E-state index is 9.00. The number of rotatable bonds is 0. The first-order valence-corrected chi connectivity index (χ1v) is 3.74. The molecule has 10 heteroatoms. The topological polar surface area (TPSA) is 144 Å². The number of aliphatic carboxylic acids is 3. The van der Waals surface area contributed by atoms with E-state index in [-0.39, 0.29) is 60.8 Å². The van der Waals surface area contributed by atoms with Crippen molar-refractivity contribution in [3.63, 3.8) is 0 Å². The molecule has 0 aliphatic heterocycles. The summed E-state index contributed by atoms with van der Waals surface area (Å²) in [5, 5.41) is 25.2. The third-order valence-electron chi connectivity index (χ3n) is 0. The van der Waals surface area contributed by atoms with Crippen LogP contribution in [-0.2, 0) is 14.4 Å². The molecule has 0 fully saturated rings. The van der Waals surface area contributed by atoms with E-state index in [9.17, 15) is 0 Å². The molecule has 16 heavy (non-hydrogen) atoms. The van der Waals surface area contributed by atoms with E-state index >= 15 is 0 Å². The number of carbonyl (C=O) groups excluding carboxylic acids is 2.